The van der Waals surface area contributed by atoms with E-state index in [1.165, 1.54) is 6.07 Å². The van der Waals surface area contributed by atoms with Crippen molar-refractivity contribution < 1.29 is 23.6 Å². The average molecular weight is 368 g/mol. The number of esters is 1. The Balaban J connectivity index is 1.96. The molecule has 130 valence electrons. The molecule has 0 aliphatic carbocycles. The molecule has 1 amide bonds. The summed E-state index contributed by atoms with van der Waals surface area (Å²) >= 11 is 5.83. The van der Waals surface area contributed by atoms with Crippen LogP contribution in [0.3, 0.4) is 0 Å². The molecular formula is C15H11ClFN3O5. The fraction of sp³-hybridized carbons (Fsp3) is 0.0667. The summed E-state index contributed by atoms with van der Waals surface area (Å²) in [4.78, 5) is 33.6. The Morgan fingerprint density at radius 3 is 2.60 bits per heavy atom. The maximum absolute atomic E-state index is 12.9. The second-order valence-corrected chi connectivity index (χ2v) is 5.18. The number of amides is 1. The zero-order valence-electron chi connectivity index (χ0n) is 12.5. The summed E-state index contributed by atoms with van der Waals surface area (Å²) in [7, 11) is 0. The molecule has 0 saturated heterocycles. The van der Waals surface area contributed by atoms with Crippen LogP contribution in [-0.2, 0) is 9.53 Å². The molecule has 3 N–H and O–H groups in total. The van der Waals surface area contributed by atoms with Crippen molar-refractivity contribution in [1.29, 1.82) is 0 Å². The molecule has 0 radical (unpaired) electrons. The Morgan fingerprint density at radius 2 is 2.00 bits per heavy atom. The van der Waals surface area contributed by atoms with E-state index in [4.69, 9.17) is 22.1 Å². The molecule has 2 aromatic carbocycles. The number of nitrogen functional groups attached to an aromatic ring is 1. The molecule has 25 heavy (non-hydrogen) atoms. The van der Waals surface area contributed by atoms with E-state index >= 15 is 0 Å². The number of nitro benzene ring substituents is 1. The predicted octanol–water partition coefficient (Wildman–Crippen LogP) is 2.77. The molecule has 10 heteroatoms. The van der Waals surface area contributed by atoms with Gasteiger partial charge >= 0.3 is 5.97 Å². The van der Waals surface area contributed by atoms with Crippen LogP contribution in [0.15, 0.2) is 36.4 Å². The molecule has 8 nitrogen and oxygen atoms in total. The third-order valence-corrected chi connectivity index (χ3v) is 3.32. The normalized spacial score (nSPS) is 10.2. The van der Waals surface area contributed by atoms with E-state index in [2.05, 4.69) is 5.32 Å². The van der Waals surface area contributed by atoms with Gasteiger partial charge in [0.15, 0.2) is 6.61 Å². The Kier molecular flexibility index (Phi) is 5.50. The first-order valence-corrected chi connectivity index (χ1v) is 7.11. The predicted molar refractivity (Wildman–Crippen MR) is 87.8 cm³/mol. The van der Waals surface area contributed by atoms with E-state index in [9.17, 15) is 24.1 Å². The van der Waals surface area contributed by atoms with Gasteiger partial charge in [0.1, 0.15) is 5.82 Å². The van der Waals surface area contributed by atoms with Gasteiger partial charge < -0.3 is 15.8 Å². The number of hydrogen-bond donors (Lipinski definition) is 2. The highest BCUT2D eigenvalue weighted by atomic mass is 35.5. The number of hydrogen-bond acceptors (Lipinski definition) is 6. The second-order valence-electron chi connectivity index (χ2n) is 4.78. The largest absolute Gasteiger partial charge is 0.452 e. The van der Waals surface area contributed by atoms with Gasteiger partial charge in [0.2, 0.25) is 0 Å². The van der Waals surface area contributed by atoms with Crippen LogP contribution < -0.4 is 11.1 Å². The minimum Gasteiger partial charge on any atom is -0.452 e. The lowest BCUT2D eigenvalue weighted by molar-refractivity contribution is -0.384. The molecule has 2 rings (SSSR count). The first-order valence-electron chi connectivity index (χ1n) is 6.74. The first-order chi connectivity index (χ1) is 11.8. The Labute approximate surface area is 145 Å². The standard InChI is InChI=1S/C15H11ClFN3O5/c16-11-6-9(20(23)24)2-4-13(11)19-14(21)7-25-15(22)10-3-1-8(17)5-12(10)18/h1-6H,7,18H2,(H,19,21). The summed E-state index contributed by atoms with van der Waals surface area (Å²) in [6, 6.07) is 6.60. The van der Waals surface area contributed by atoms with E-state index in [0.717, 1.165) is 30.3 Å². The lowest BCUT2D eigenvalue weighted by Gasteiger charge is -2.09. The minimum absolute atomic E-state index is 0.0448. The number of nitrogens with zero attached hydrogens (tertiary/aromatic N) is 1. The lowest BCUT2D eigenvalue weighted by Crippen LogP contribution is -2.21. The van der Waals surface area contributed by atoms with Crippen molar-refractivity contribution in [3.05, 3.63) is 62.9 Å². The molecule has 0 fully saturated rings. The number of ether oxygens (including phenoxy) is 1. The number of carbonyl (C=O) groups excluding carboxylic acids is 2. The summed E-state index contributed by atoms with van der Waals surface area (Å²) in [5, 5.41) is 12.9. The van der Waals surface area contributed by atoms with Gasteiger partial charge in [0.05, 0.1) is 21.2 Å². The van der Waals surface area contributed by atoms with Gasteiger partial charge in [-0.05, 0) is 24.3 Å². The molecule has 0 atom stereocenters. The van der Waals surface area contributed by atoms with E-state index in [0.29, 0.717) is 0 Å². The van der Waals surface area contributed by atoms with Crippen molar-refractivity contribution >= 4 is 40.5 Å². The van der Waals surface area contributed by atoms with Crippen LogP contribution >= 0.6 is 11.6 Å². The SMILES string of the molecule is Nc1cc(F)ccc1C(=O)OCC(=O)Nc1ccc([N+](=O)[O-])cc1Cl. The van der Waals surface area contributed by atoms with Crippen molar-refractivity contribution in [2.45, 2.75) is 0 Å². The zero-order valence-corrected chi connectivity index (χ0v) is 13.2. The molecule has 0 aliphatic heterocycles. The van der Waals surface area contributed by atoms with Crippen LogP contribution in [0.5, 0.6) is 0 Å². The van der Waals surface area contributed by atoms with Gasteiger partial charge in [-0.3, -0.25) is 14.9 Å². The van der Waals surface area contributed by atoms with Crippen molar-refractivity contribution in [3.8, 4) is 0 Å². The molecule has 0 bridgehead atoms. The monoisotopic (exact) mass is 367 g/mol. The second kappa shape index (κ2) is 7.58. The third-order valence-electron chi connectivity index (χ3n) is 3.01. The van der Waals surface area contributed by atoms with Crippen LogP contribution in [0.25, 0.3) is 0 Å². The quantitative estimate of drug-likeness (QED) is 0.362. The maximum atomic E-state index is 12.9. The number of non-ortho nitro benzene ring substituents is 1. The minimum atomic E-state index is -0.901. The highest BCUT2D eigenvalue weighted by Crippen LogP contribution is 2.26. The summed E-state index contributed by atoms with van der Waals surface area (Å²) in [5.41, 5.74) is 5.18. The van der Waals surface area contributed by atoms with Crippen molar-refractivity contribution in [3.63, 3.8) is 0 Å². The molecular weight excluding hydrogens is 357 g/mol. The smallest absolute Gasteiger partial charge is 0.340 e. The van der Waals surface area contributed by atoms with Gasteiger partial charge in [-0.1, -0.05) is 11.6 Å². The van der Waals surface area contributed by atoms with Crippen molar-refractivity contribution in [1.82, 2.24) is 0 Å². The van der Waals surface area contributed by atoms with Gasteiger partial charge in [0, 0.05) is 17.8 Å². The van der Waals surface area contributed by atoms with E-state index in [-0.39, 0.29) is 27.6 Å². The number of benzene rings is 2. The first kappa shape index (κ1) is 18.1. The van der Waals surface area contributed by atoms with Crippen LogP contribution in [0, 0.1) is 15.9 Å². The van der Waals surface area contributed by atoms with Gasteiger partial charge in [0.25, 0.3) is 11.6 Å². The van der Waals surface area contributed by atoms with E-state index in [1.54, 1.807) is 0 Å². The van der Waals surface area contributed by atoms with Crippen molar-refractivity contribution in [2.75, 3.05) is 17.7 Å². The number of nitro groups is 1. The fourth-order valence-electron chi connectivity index (χ4n) is 1.83. The molecule has 0 saturated carbocycles. The average Bonchev–Trinajstić information content (AvgIpc) is 2.54. The van der Waals surface area contributed by atoms with Crippen LogP contribution in [-0.4, -0.2) is 23.4 Å². The fourth-order valence-corrected chi connectivity index (χ4v) is 2.06. The summed E-state index contributed by atoms with van der Waals surface area (Å²) in [6.45, 7) is -0.650. The number of anilines is 2. The number of carbonyl (C=O) groups is 2. The molecule has 2 aromatic rings. The van der Waals surface area contributed by atoms with Crippen LogP contribution in [0.1, 0.15) is 10.4 Å². The molecule has 0 heterocycles. The van der Waals surface area contributed by atoms with Gasteiger partial charge in [-0.2, -0.15) is 0 Å². The molecule has 0 aliphatic rings. The van der Waals surface area contributed by atoms with Crippen LogP contribution in [0.2, 0.25) is 5.02 Å². The Morgan fingerprint density at radius 1 is 1.28 bits per heavy atom. The van der Waals surface area contributed by atoms with Crippen molar-refractivity contribution in [2.24, 2.45) is 0 Å². The van der Waals surface area contributed by atoms with Crippen LogP contribution in [0.4, 0.5) is 21.5 Å². The lowest BCUT2D eigenvalue weighted by atomic mass is 10.2. The number of halogens is 2. The van der Waals surface area contributed by atoms with Gasteiger partial charge in [-0.15, -0.1) is 0 Å². The van der Waals surface area contributed by atoms with E-state index < -0.39 is 29.2 Å². The summed E-state index contributed by atoms with van der Waals surface area (Å²) < 4.78 is 17.7. The summed E-state index contributed by atoms with van der Waals surface area (Å²) in [5.74, 6) is -2.23. The number of nitrogens with two attached hydrogens (primary N) is 1. The number of nitrogens with one attached hydrogen (secondary N) is 1. The maximum Gasteiger partial charge on any atom is 0.340 e. The molecule has 0 aromatic heterocycles. The Bertz CT molecular complexity index is 859. The topological polar surface area (TPSA) is 125 Å². The molecule has 0 spiro atoms. The summed E-state index contributed by atoms with van der Waals surface area (Å²) in [6.07, 6.45) is 0. The zero-order chi connectivity index (χ0) is 18.6. The number of rotatable bonds is 5. The highest BCUT2D eigenvalue weighted by molar-refractivity contribution is 6.34. The molecule has 0 unspecified atom stereocenters. The van der Waals surface area contributed by atoms with E-state index in [1.807, 2.05) is 0 Å². The third kappa shape index (κ3) is 4.64. The van der Waals surface area contributed by atoms with Gasteiger partial charge in [-0.25, -0.2) is 9.18 Å². The Hall–Kier alpha value is -3.20. The highest BCUT2D eigenvalue weighted by Gasteiger charge is 2.15.